The van der Waals surface area contributed by atoms with E-state index in [1.54, 1.807) is 6.08 Å². The molecule has 0 aliphatic heterocycles. The maximum absolute atomic E-state index is 11.8. The molecule has 1 unspecified atom stereocenters. The summed E-state index contributed by atoms with van der Waals surface area (Å²) in [5, 5.41) is 0. The van der Waals surface area contributed by atoms with Gasteiger partial charge in [-0.25, -0.2) is 4.79 Å². The van der Waals surface area contributed by atoms with Gasteiger partial charge in [0.25, 0.3) is 0 Å². The molecule has 0 aromatic carbocycles. The van der Waals surface area contributed by atoms with Crippen molar-refractivity contribution in [1.29, 1.82) is 0 Å². The first-order valence-corrected chi connectivity index (χ1v) is 10.1. The summed E-state index contributed by atoms with van der Waals surface area (Å²) in [5.41, 5.74) is 0. The Morgan fingerprint density at radius 1 is 0.923 bits per heavy atom. The van der Waals surface area contributed by atoms with Gasteiger partial charge >= 0.3 is 5.97 Å². The fourth-order valence-corrected chi connectivity index (χ4v) is 2.46. The van der Waals surface area contributed by atoms with E-state index in [1.165, 1.54) is 12.8 Å². The molecule has 0 amide bonds. The van der Waals surface area contributed by atoms with Gasteiger partial charge in [-0.2, -0.15) is 0 Å². The zero-order chi connectivity index (χ0) is 19.3. The molecule has 0 aliphatic rings. The molecule has 0 aliphatic carbocycles. The third-order valence-corrected chi connectivity index (χ3v) is 3.83. The summed E-state index contributed by atoms with van der Waals surface area (Å²) >= 11 is 0. The number of carbonyl (C=O) groups excluding carboxylic acids is 1. The molecule has 0 aromatic heterocycles. The molecule has 0 radical (unpaired) electrons. The third kappa shape index (κ3) is 15.9. The zero-order valence-corrected chi connectivity index (χ0v) is 16.8. The number of carbonyl (C=O) groups is 1. The van der Waals surface area contributed by atoms with Crippen molar-refractivity contribution in [2.75, 3.05) is 13.2 Å². The largest absolute Gasteiger partial charge is 0.464 e. The van der Waals surface area contributed by atoms with Gasteiger partial charge in [-0.3, -0.25) is 0 Å². The first-order chi connectivity index (χ1) is 12.8. The molecule has 148 valence electrons. The molecule has 0 N–H and O–H groups in total. The van der Waals surface area contributed by atoms with Gasteiger partial charge < -0.3 is 9.47 Å². The Morgan fingerprint density at radius 3 is 2.23 bits per heavy atom. The van der Waals surface area contributed by atoms with E-state index in [4.69, 9.17) is 9.47 Å². The summed E-state index contributed by atoms with van der Waals surface area (Å²) in [7, 11) is 0. The van der Waals surface area contributed by atoms with Crippen LogP contribution >= 0.6 is 0 Å². The van der Waals surface area contributed by atoms with Crippen molar-refractivity contribution in [3.63, 3.8) is 0 Å². The number of hydrogen-bond acceptors (Lipinski definition) is 3. The van der Waals surface area contributed by atoms with Crippen molar-refractivity contribution in [1.82, 2.24) is 0 Å². The summed E-state index contributed by atoms with van der Waals surface area (Å²) in [6, 6.07) is 0. The van der Waals surface area contributed by atoms with Crippen LogP contribution in [-0.4, -0.2) is 25.3 Å². The van der Waals surface area contributed by atoms with Crippen LogP contribution in [0.15, 0.2) is 49.1 Å². The Labute approximate surface area is 160 Å². The first kappa shape index (κ1) is 24.4. The number of ether oxygens (including phenoxy) is 2. The zero-order valence-electron chi connectivity index (χ0n) is 16.8. The second kappa shape index (κ2) is 19.7. The van der Waals surface area contributed by atoms with Crippen molar-refractivity contribution < 1.29 is 14.3 Å². The van der Waals surface area contributed by atoms with E-state index in [0.29, 0.717) is 13.2 Å². The molecule has 3 nitrogen and oxygen atoms in total. The second-order valence-corrected chi connectivity index (χ2v) is 6.15. The maximum Gasteiger partial charge on any atom is 0.335 e. The molecule has 0 heterocycles. The van der Waals surface area contributed by atoms with Gasteiger partial charge in [0.05, 0.1) is 13.2 Å². The highest BCUT2D eigenvalue weighted by atomic mass is 16.6. The van der Waals surface area contributed by atoms with Crippen LogP contribution in [0.1, 0.15) is 71.6 Å². The van der Waals surface area contributed by atoms with Gasteiger partial charge in [0, 0.05) is 0 Å². The van der Waals surface area contributed by atoms with E-state index >= 15 is 0 Å². The van der Waals surface area contributed by atoms with Crippen LogP contribution < -0.4 is 0 Å². The van der Waals surface area contributed by atoms with Gasteiger partial charge in [0.2, 0.25) is 0 Å². The third-order valence-electron chi connectivity index (χ3n) is 3.83. The van der Waals surface area contributed by atoms with E-state index < -0.39 is 6.10 Å². The van der Waals surface area contributed by atoms with E-state index in [9.17, 15) is 4.79 Å². The van der Waals surface area contributed by atoms with Gasteiger partial charge in [0.1, 0.15) is 0 Å². The quantitative estimate of drug-likeness (QED) is 0.172. The van der Waals surface area contributed by atoms with Crippen LogP contribution in [0.4, 0.5) is 0 Å². The molecule has 0 bridgehead atoms. The van der Waals surface area contributed by atoms with E-state index in [1.807, 2.05) is 6.92 Å². The van der Waals surface area contributed by atoms with E-state index in [-0.39, 0.29) is 5.97 Å². The molecule has 3 heteroatoms. The Bertz CT molecular complexity index is 421. The Hall–Kier alpha value is -1.61. The Morgan fingerprint density at radius 2 is 1.58 bits per heavy atom. The molecule has 0 aromatic rings. The molecular weight excluding hydrogens is 324 g/mol. The van der Waals surface area contributed by atoms with Crippen LogP contribution in [0, 0.1) is 0 Å². The van der Waals surface area contributed by atoms with Crippen LogP contribution in [0.3, 0.4) is 0 Å². The summed E-state index contributed by atoms with van der Waals surface area (Å²) in [5.74, 6) is -0.254. The number of hydrogen-bond donors (Lipinski definition) is 0. The van der Waals surface area contributed by atoms with Gasteiger partial charge in [0.15, 0.2) is 6.10 Å². The normalized spacial score (nSPS) is 13.0. The second-order valence-electron chi connectivity index (χ2n) is 6.15. The minimum Gasteiger partial charge on any atom is -0.464 e. The molecule has 26 heavy (non-hydrogen) atoms. The topological polar surface area (TPSA) is 35.5 Å². The Kier molecular flexibility index (Phi) is 18.5. The van der Waals surface area contributed by atoms with E-state index in [2.05, 4.69) is 50.0 Å². The standard InChI is InChI=1S/C23H38O3/c1-4-7-8-9-10-11-12-13-14-15-16-17-18-19-20-22(26-21-5-2)23(24)25-6-3/h5,7-8,10-11,13-14,22H,2,4,6,9,12,15-21H2,1,3H3. The summed E-state index contributed by atoms with van der Waals surface area (Å²) in [6.45, 7) is 8.37. The highest BCUT2D eigenvalue weighted by Gasteiger charge is 2.19. The molecule has 0 spiro atoms. The fourth-order valence-electron chi connectivity index (χ4n) is 2.46. The smallest absolute Gasteiger partial charge is 0.335 e. The highest BCUT2D eigenvalue weighted by molar-refractivity contribution is 5.74. The number of esters is 1. The lowest BCUT2D eigenvalue weighted by atomic mass is 10.1. The fraction of sp³-hybridized carbons (Fsp3) is 0.609. The lowest BCUT2D eigenvalue weighted by Crippen LogP contribution is -2.26. The minimum absolute atomic E-state index is 0.254. The average molecular weight is 363 g/mol. The minimum atomic E-state index is -0.452. The van der Waals surface area contributed by atoms with Gasteiger partial charge in [-0.05, 0) is 45.4 Å². The first-order valence-electron chi connectivity index (χ1n) is 10.1. The lowest BCUT2D eigenvalue weighted by molar-refractivity contribution is -0.156. The van der Waals surface area contributed by atoms with Crippen LogP contribution in [0.2, 0.25) is 0 Å². The van der Waals surface area contributed by atoms with Crippen LogP contribution in [0.5, 0.6) is 0 Å². The highest BCUT2D eigenvalue weighted by Crippen LogP contribution is 2.11. The van der Waals surface area contributed by atoms with Gasteiger partial charge in [-0.15, -0.1) is 6.58 Å². The van der Waals surface area contributed by atoms with Crippen LogP contribution in [-0.2, 0) is 14.3 Å². The summed E-state index contributed by atoms with van der Waals surface area (Å²) in [4.78, 5) is 11.8. The van der Waals surface area contributed by atoms with Gasteiger partial charge in [-0.1, -0.05) is 68.7 Å². The Balaban J connectivity index is 3.68. The monoisotopic (exact) mass is 362 g/mol. The maximum atomic E-state index is 11.8. The summed E-state index contributed by atoms with van der Waals surface area (Å²) in [6.07, 6.45) is 24.0. The van der Waals surface area contributed by atoms with Crippen molar-refractivity contribution in [3.8, 4) is 0 Å². The number of rotatable bonds is 17. The molecule has 0 saturated heterocycles. The lowest BCUT2D eigenvalue weighted by Gasteiger charge is -2.15. The molecule has 0 fully saturated rings. The average Bonchev–Trinajstić information content (AvgIpc) is 2.64. The van der Waals surface area contributed by atoms with Crippen molar-refractivity contribution in [2.45, 2.75) is 77.7 Å². The van der Waals surface area contributed by atoms with Crippen molar-refractivity contribution in [2.24, 2.45) is 0 Å². The molecule has 0 saturated carbocycles. The van der Waals surface area contributed by atoms with Crippen LogP contribution in [0.25, 0.3) is 0 Å². The predicted octanol–water partition coefficient (Wildman–Crippen LogP) is 6.32. The molecule has 0 rings (SSSR count). The molecule has 1 atom stereocenters. The van der Waals surface area contributed by atoms with E-state index in [0.717, 1.165) is 44.9 Å². The predicted molar refractivity (Wildman–Crippen MR) is 111 cm³/mol. The molecular formula is C23H38O3. The SMILES string of the molecule is C=CCOC(CCCCCCC=CCC=CCC=CCC)C(=O)OCC. The van der Waals surface area contributed by atoms with Crippen molar-refractivity contribution >= 4 is 5.97 Å². The number of unbranched alkanes of at least 4 members (excludes halogenated alkanes) is 4. The van der Waals surface area contributed by atoms with Crippen molar-refractivity contribution in [3.05, 3.63) is 49.1 Å². The number of allylic oxidation sites excluding steroid dienone is 6. The summed E-state index contributed by atoms with van der Waals surface area (Å²) < 4.78 is 10.6.